The Kier molecular flexibility index (Phi) is 6.01. The first-order valence-corrected chi connectivity index (χ1v) is 9.75. The van der Waals surface area contributed by atoms with Gasteiger partial charge in [-0.15, -0.1) is 0 Å². The Morgan fingerprint density at radius 2 is 1.93 bits per heavy atom. The van der Waals surface area contributed by atoms with E-state index in [0.29, 0.717) is 17.3 Å². The van der Waals surface area contributed by atoms with E-state index in [1.165, 1.54) is 38.5 Å². The minimum absolute atomic E-state index is 0.0910. The predicted molar refractivity (Wildman–Crippen MR) is 112 cm³/mol. The number of hydrogen-bond donors (Lipinski definition) is 1. The van der Waals surface area contributed by atoms with Gasteiger partial charge in [-0.3, -0.25) is 9.59 Å². The molecule has 1 aliphatic rings. The molecule has 1 saturated carbocycles. The van der Waals surface area contributed by atoms with Crippen LogP contribution in [0.1, 0.15) is 60.0 Å². The number of carbonyl (C=O) groups excluding carboxylic acids is 3. The number of anilines is 1. The number of nitrogens with one attached hydrogen (secondary N) is 1. The molecule has 1 heterocycles. The van der Waals surface area contributed by atoms with E-state index in [2.05, 4.69) is 22.9 Å². The highest BCUT2D eigenvalue weighted by Crippen LogP contribution is 2.38. The Morgan fingerprint density at radius 1 is 1.21 bits per heavy atom. The fourth-order valence-electron chi connectivity index (χ4n) is 3.35. The Labute approximate surface area is 170 Å². The molecule has 3 rings (SSSR count). The van der Waals surface area contributed by atoms with Gasteiger partial charge in [-0.05, 0) is 70.4 Å². The molecule has 152 valence electrons. The molecular weight excluding hydrogens is 368 g/mol. The zero-order valence-electron chi connectivity index (χ0n) is 17.2. The first kappa shape index (κ1) is 20.6. The molecule has 1 aliphatic carbocycles. The molecule has 0 spiro atoms. The second-order valence-corrected chi connectivity index (χ2v) is 7.47. The summed E-state index contributed by atoms with van der Waals surface area (Å²) in [7, 11) is 0. The van der Waals surface area contributed by atoms with E-state index in [1.54, 1.807) is 30.3 Å². The minimum Gasteiger partial charge on any atom is -0.449 e. The largest absolute Gasteiger partial charge is 0.449 e. The van der Waals surface area contributed by atoms with Gasteiger partial charge in [-0.25, -0.2) is 4.79 Å². The van der Waals surface area contributed by atoms with E-state index in [-0.39, 0.29) is 5.78 Å². The van der Waals surface area contributed by atoms with E-state index in [1.807, 2.05) is 6.92 Å². The summed E-state index contributed by atoms with van der Waals surface area (Å²) in [5, 5.41) is 2.66. The van der Waals surface area contributed by atoms with Gasteiger partial charge in [-0.1, -0.05) is 12.1 Å². The summed E-state index contributed by atoms with van der Waals surface area (Å²) < 4.78 is 7.51. The number of aromatic nitrogens is 1. The lowest BCUT2D eigenvalue weighted by molar-refractivity contribution is -0.148. The van der Waals surface area contributed by atoms with Gasteiger partial charge in [0.2, 0.25) is 0 Å². The maximum absolute atomic E-state index is 12.3. The van der Waals surface area contributed by atoms with Crippen LogP contribution in [0.4, 0.5) is 5.69 Å². The Balaban J connectivity index is 1.58. The highest BCUT2D eigenvalue weighted by molar-refractivity contribution is 5.99. The van der Waals surface area contributed by atoms with E-state index in [4.69, 9.17) is 4.74 Å². The quantitative estimate of drug-likeness (QED) is 0.433. The van der Waals surface area contributed by atoms with Gasteiger partial charge >= 0.3 is 5.97 Å². The zero-order chi connectivity index (χ0) is 21.1. The SMILES string of the molecule is CC(=O)c1cccc(NC(=O)[C@H](C)OC(=O)/C=C/c2cc(C)n(C3CC3)c2C)c1. The Bertz CT molecular complexity index is 983. The summed E-state index contributed by atoms with van der Waals surface area (Å²) >= 11 is 0. The number of rotatable bonds is 7. The van der Waals surface area contributed by atoms with Crippen LogP contribution in [0.25, 0.3) is 6.08 Å². The number of Topliss-reactive ketones (excluding diaryl/α,β-unsaturated/α-hetero) is 1. The van der Waals surface area contributed by atoms with Crippen molar-refractivity contribution in [3.8, 4) is 0 Å². The molecule has 0 saturated heterocycles. The first-order valence-electron chi connectivity index (χ1n) is 9.75. The molecule has 1 aromatic carbocycles. The third kappa shape index (κ3) is 5.02. The van der Waals surface area contributed by atoms with Gasteiger partial charge < -0.3 is 14.6 Å². The van der Waals surface area contributed by atoms with Crippen molar-refractivity contribution in [1.29, 1.82) is 0 Å². The van der Waals surface area contributed by atoms with Gasteiger partial charge in [0.05, 0.1) is 0 Å². The van der Waals surface area contributed by atoms with Gasteiger partial charge in [0, 0.05) is 34.8 Å². The maximum Gasteiger partial charge on any atom is 0.331 e. The number of carbonyl (C=O) groups is 3. The van der Waals surface area contributed by atoms with Crippen molar-refractivity contribution >= 4 is 29.4 Å². The fraction of sp³-hybridized carbons (Fsp3) is 0.348. The monoisotopic (exact) mass is 394 g/mol. The molecule has 0 aliphatic heterocycles. The molecule has 6 nitrogen and oxygen atoms in total. The molecule has 0 bridgehead atoms. The third-order valence-corrected chi connectivity index (χ3v) is 5.03. The average Bonchev–Trinajstić information content (AvgIpc) is 3.45. The number of ketones is 1. The molecule has 0 radical (unpaired) electrons. The summed E-state index contributed by atoms with van der Waals surface area (Å²) in [5.74, 6) is -1.13. The molecular formula is C23H26N2O4. The lowest BCUT2D eigenvalue weighted by Gasteiger charge is -2.12. The number of benzene rings is 1. The van der Waals surface area contributed by atoms with Crippen LogP contribution in [0, 0.1) is 13.8 Å². The van der Waals surface area contributed by atoms with Crippen LogP contribution in [0.2, 0.25) is 0 Å². The van der Waals surface area contributed by atoms with E-state index < -0.39 is 18.0 Å². The van der Waals surface area contributed by atoms with Crippen molar-refractivity contribution in [2.45, 2.75) is 52.7 Å². The van der Waals surface area contributed by atoms with Crippen LogP contribution >= 0.6 is 0 Å². The molecule has 1 N–H and O–H groups in total. The van der Waals surface area contributed by atoms with Crippen molar-refractivity contribution in [2.75, 3.05) is 5.32 Å². The summed E-state index contributed by atoms with van der Waals surface area (Å²) in [6, 6.07) is 9.25. The number of esters is 1. The van der Waals surface area contributed by atoms with Gasteiger partial charge in [-0.2, -0.15) is 0 Å². The molecule has 2 aromatic rings. The van der Waals surface area contributed by atoms with Crippen LogP contribution in [0.3, 0.4) is 0 Å². The Hall–Kier alpha value is -3.15. The normalized spacial score (nSPS) is 14.6. The smallest absolute Gasteiger partial charge is 0.331 e. The summed E-state index contributed by atoms with van der Waals surface area (Å²) in [6.45, 7) is 7.07. The predicted octanol–water partition coefficient (Wildman–Crippen LogP) is 4.23. The van der Waals surface area contributed by atoms with Gasteiger partial charge in [0.1, 0.15) is 0 Å². The minimum atomic E-state index is -0.966. The second kappa shape index (κ2) is 8.47. The molecule has 0 unspecified atom stereocenters. The molecule has 1 fully saturated rings. The highest BCUT2D eigenvalue weighted by atomic mass is 16.5. The number of amides is 1. The molecule has 1 atom stereocenters. The standard InChI is InChI=1S/C23H26N2O4/c1-14-12-18(15(2)25(14)21-9-10-21)8-11-22(27)29-17(4)23(28)24-20-7-5-6-19(13-20)16(3)26/h5-8,11-13,17,21H,9-10H2,1-4H3,(H,24,28)/b11-8+/t17-/m0/s1. The van der Waals surface area contributed by atoms with Crippen LogP contribution in [0.5, 0.6) is 0 Å². The zero-order valence-corrected chi connectivity index (χ0v) is 17.2. The van der Waals surface area contributed by atoms with E-state index in [9.17, 15) is 14.4 Å². The summed E-state index contributed by atoms with van der Waals surface area (Å²) in [5.41, 5.74) is 4.26. The van der Waals surface area contributed by atoms with E-state index >= 15 is 0 Å². The second-order valence-electron chi connectivity index (χ2n) is 7.47. The topological polar surface area (TPSA) is 77.4 Å². The van der Waals surface area contributed by atoms with Crippen LogP contribution < -0.4 is 5.32 Å². The molecule has 29 heavy (non-hydrogen) atoms. The van der Waals surface area contributed by atoms with E-state index in [0.717, 1.165) is 11.3 Å². The van der Waals surface area contributed by atoms with Gasteiger partial charge in [0.25, 0.3) is 5.91 Å². The first-order chi connectivity index (χ1) is 13.8. The maximum atomic E-state index is 12.3. The molecule has 1 aromatic heterocycles. The van der Waals surface area contributed by atoms with Crippen LogP contribution in [0.15, 0.2) is 36.4 Å². The summed E-state index contributed by atoms with van der Waals surface area (Å²) in [4.78, 5) is 35.9. The molecule has 1 amide bonds. The molecule has 6 heteroatoms. The van der Waals surface area contributed by atoms with Crippen molar-refractivity contribution < 1.29 is 19.1 Å². The number of aryl methyl sites for hydroxylation is 1. The average molecular weight is 394 g/mol. The lowest BCUT2D eigenvalue weighted by Crippen LogP contribution is -2.29. The fourth-order valence-corrected chi connectivity index (χ4v) is 3.35. The summed E-state index contributed by atoms with van der Waals surface area (Å²) in [6.07, 6.45) is 4.50. The van der Waals surface area contributed by atoms with Crippen molar-refractivity contribution in [2.24, 2.45) is 0 Å². The number of nitrogens with zero attached hydrogens (tertiary/aromatic N) is 1. The lowest BCUT2D eigenvalue weighted by atomic mass is 10.1. The van der Waals surface area contributed by atoms with Crippen molar-refractivity contribution in [3.05, 3.63) is 58.9 Å². The van der Waals surface area contributed by atoms with Crippen LogP contribution in [-0.4, -0.2) is 28.3 Å². The van der Waals surface area contributed by atoms with Gasteiger partial charge in [0.15, 0.2) is 11.9 Å². The van der Waals surface area contributed by atoms with Crippen molar-refractivity contribution in [3.63, 3.8) is 0 Å². The Morgan fingerprint density at radius 3 is 2.59 bits per heavy atom. The third-order valence-electron chi connectivity index (χ3n) is 5.03. The highest BCUT2D eigenvalue weighted by Gasteiger charge is 2.26. The van der Waals surface area contributed by atoms with Crippen LogP contribution in [-0.2, 0) is 14.3 Å². The number of ether oxygens (including phenoxy) is 1. The number of hydrogen-bond acceptors (Lipinski definition) is 4. The van der Waals surface area contributed by atoms with Crippen molar-refractivity contribution in [1.82, 2.24) is 4.57 Å².